The zero-order valence-corrected chi connectivity index (χ0v) is 18.5. The number of fused-ring (bicyclic) bond motifs is 1. The number of hydrogen-bond acceptors (Lipinski definition) is 7. The topological polar surface area (TPSA) is 86.1 Å². The molecular weight excluding hydrogens is 396 g/mol. The number of aryl methyl sites for hydroxylation is 1. The predicted octanol–water partition coefficient (Wildman–Crippen LogP) is 3.61. The highest BCUT2D eigenvalue weighted by Crippen LogP contribution is 2.40. The Morgan fingerprint density at radius 3 is 2.79 bits per heavy atom. The molecule has 0 aromatic carbocycles. The van der Waals surface area contributed by atoms with Gasteiger partial charge in [-0.25, -0.2) is 4.79 Å². The van der Waals surface area contributed by atoms with Gasteiger partial charge in [-0.05, 0) is 51.5 Å². The van der Waals surface area contributed by atoms with E-state index in [2.05, 4.69) is 22.4 Å². The van der Waals surface area contributed by atoms with Crippen LogP contribution in [0.3, 0.4) is 0 Å². The summed E-state index contributed by atoms with van der Waals surface area (Å²) >= 11 is 2.82. The number of thioether (sulfide) groups is 1. The molecule has 9 heteroatoms. The first-order valence-corrected chi connectivity index (χ1v) is 11.2. The Bertz CT molecular complexity index is 888. The Hall–Kier alpha value is -1.87. The van der Waals surface area contributed by atoms with E-state index in [0.717, 1.165) is 30.7 Å². The Labute approximate surface area is 173 Å². The minimum absolute atomic E-state index is 0.170. The summed E-state index contributed by atoms with van der Waals surface area (Å²) in [5.41, 5.74) is 1.58. The Kier molecular flexibility index (Phi) is 6.44. The van der Waals surface area contributed by atoms with Crippen LogP contribution in [-0.4, -0.2) is 38.5 Å². The fraction of sp³-hybridized carbons (Fsp3) is 0.579. The molecule has 2 heterocycles. The van der Waals surface area contributed by atoms with E-state index >= 15 is 0 Å². The molecule has 3 rings (SSSR count). The summed E-state index contributed by atoms with van der Waals surface area (Å²) in [5.74, 6) is 1.05. The van der Waals surface area contributed by atoms with Gasteiger partial charge in [-0.3, -0.25) is 4.79 Å². The minimum atomic E-state index is -0.353. The maximum absolute atomic E-state index is 12.7. The molecule has 2 aromatic heterocycles. The SMILES string of the molecule is Cc1nnc(SCC(=O)Nc2sc3c(c2C(=O)OC(C)C)CC[C@H](C)C3)n1C. The molecule has 0 saturated heterocycles. The molecule has 0 radical (unpaired) electrons. The number of amides is 1. The lowest BCUT2D eigenvalue weighted by atomic mass is 9.88. The minimum Gasteiger partial charge on any atom is -0.459 e. The number of hydrogen-bond donors (Lipinski definition) is 1. The fourth-order valence-corrected chi connectivity index (χ4v) is 5.31. The second kappa shape index (κ2) is 8.65. The van der Waals surface area contributed by atoms with Gasteiger partial charge in [0.1, 0.15) is 10.8 Å². The summed E-state index contributed by atoms with van der Waals surface area (Å²) in [6, 6.07) is 0. The number of rotatable bonds is 6. The third-order valence-electron chi connectivity index (χ3n) is 4.70. The number of thiophene rings is 1. The number of nitrogens with zero attached hydrogens (tertiary/aromatic N) is 3. The molecule has 0 aliphatic heterocycles. The van der Waals surface area contributed by atoms with Crippen LogP contribution >= 0.6 is 23.1 Å². The van der Waals surface area contributed by atoms with Crippen molar-refractivity contribution in [3.63, 3.8) is 0 Å². The van der Waals surface area contributed by atoms with E-state index in [1.54, 1.807) is 0 Å². The van der Waals surface area contributed by atoms with Crippen molar-refractivity contribution in [3.05, 3.63) is 21.8 Å². The van der Waals surface area contributed by atoms with Gasteiger partial charge < -0.3 is 14.6 Å². The lowest BCUT2D eigenvalue weighted by molar-refractivity contribution is -0.113. The number of anilines is 1. The highest BCUT2D eigenvalue weighted by molar-refractivity contribution is 7.99. The van der Waals surface area contributed by atoms with Crippen molar-refractivity contribution in [1.29, 1.82) is 0 Å². The number of esters is 1. The number of ether oxygens (including phenoxy) is 1. The smallest absolute Gasteiger partial charge is 0.341 e. The van der Waals surface area contributed by atoms with Crippen LogP contribution in [-0.2, 0) is 29.4 Å². The first-order chi connectivity index (χ1) is 13.3. The predicted molar refractivity (Wildman–Crippen MR) is 111 cm³/mol. The molecular formula is C19H26N4O3S2. The molecule has 1 aliphatic carbocycles. The van der Waals surface area contributed by atoms with Crippen molar-refractivity contribution in [2.24, 2.45) is 13.0 Å². The quantitative estimate of drug-likeness (QED) is 0.565. The highest BCUT2D eigenvalue weighted by atomic mass is 32.2. The van der Waals surface area contributed by atoms with Gasteiger partial charge in [-0.1, -0.05) is 18.7 Å². The second-order valence-electron chi connectivity index (χ2n) is 7.44. The highest BCUT2D eigenvalue weighted by Gasteiger charge is 2.29. The zero-order valence-electron chi connectivity index (χ0n) is 16.9. The Morgan fingerprint density at radius 2 is 2.14 bits per heavy atom. The molecule has 1 atom stereocenters. The molecule has 28 heavy (non-hydrogen) atoms. The first-order valence-electron chi connectivity index (χ1n) is 9.40. The summed E-state index contributed by atoms with van der Waals surface area (Å²) in [6.45, 7) is 7.74. The number of carbonyl (C=O) groups excluding carboxylic acids is 2. The Balaban J connectivity index is 1.77. The van der Waals surface area contributed by atoms with Gasteiger partial charge >= 0.3 is 5.97 Å². The lowest BCUT2D eigenvalue weighted by Gasteiger charge is -2.18. The van der Waals surface area contributed by atoms with Crippen LogP contribution in [0.15, 0.2) is 5.16 Å². The molecule has 0 saturated carbocycles. The van der Waals surface area contributed by atoms with Gasteiger partial charge in [0.25, 0.3) is 0 Å². The lowest BCUT2D eigenvalue weighted by Crippen LogP contribution is -2.19. The van der Waals surface area contributed by atoms with Crippen LogP contribution in [0.4, 0.5) is 5.00 Å². The van der Waals surface area contributed by atoms with Gasteiger partial charge in [-0.2, -0.15) is 0 Å². The van der Waals surface area contributed by atoms with Gasteiger partial charge in [0.15, 0.2) is 5.16 Å². The van der Waals surface area contributed by atoms with E-state index in [9.17, 15) is 9.59 Å². The van der Waals surface area contributed by atoms with Crippen LogP contribution < -0.4 is 5.32 Å². The second-order valence-corrected chi connectivity index (χ2v) is 9.48. The van der Waals surface area contributed by atoms with Gasteiger partial charge in [-0.15, -0.1) is 21.5 Å². The van der Waals surface area contributed by atoms with E-state index in [0.29, 0.717) is 21.6 Å². The van der Waals surface area contributed by atoms with Crippen molar-refractivity contribution in [3.8, 4) is 0 Å². The summed E-state index contributed by atoms with van der Waals surface area (Å²) in [5, 5.41) is 12.3. The number of nitrogens with one attached hydrogen (secondary N) is 1. The van der Waals surface area contributed by atoms with Crippen molar-refractivity contribution in [2.75, 3.05) is 11.1 Å². The average molecular weight is 423 g/mol. The largest absolute Gasteiger partial charge is 0.459 e. The van der Waals surface area contributed by atoms with Gasteiger partial charge in [0, 0.05) is 11.9 Å². The molecule has 1 aliphatic rings. The van der Waals surface area contributed by atoms with Crippen molar-refractivity contribution in [1.82, 2.24) is 14.8 Å². The third-order valence-corrected chi connectivity index (χ3v) is 6.89. The summed E-state index contributed by atoms with van der Waals surface area (Å²) in [7, 11) is 1.87. The van der Waals surface area contributed by atoms with Crippen molar-refractivity contribution >= 4 is 40.0 Å². The van der Waals surface area contributed by atoms with E-state index in [1.165, 1.54) is 28.0 Å². The van der Waals surface area contributed by atoms with Crippen molar-refractivity contribution < 1.29 is 14.3 Å². The van der Waals surface area contributed by atoms with E-state index in [1.807, 2.05) is 32.4 Å². The molecule has 0 fully saturated rings. The van der Waals surface area contributed by atoms with Crippen molar-refractivity contribution in [2.45, 2.75) is 58.2 Å². The van der Waals surface area contributed by atoms with Crippen LogP contribution in [0, 0.1) is 12.8 Å². The molecule has 7 nitrogen and oxygen atoms in total. The first kappa shape index (κ1) is 20.9. The number of carbonyl (C=O) groups is 2. The average Bonchev–Trinajstić information content (AvgIpc) is 3.12. The van der Waals surface area contributed by atoms with Crippen LogP contribution in [0.5, 0.6) is 0 Å². The number of aromatic nitrogens is 3. The molecule has 0 bridgehead atoms. The molecule has 1 amide bonds. The molecule has 0 spiro atoms. The molecule has 1 N–H and O–H groups in total. The Morgan fingerprint density at radius 1 is 1.39 bits per heavy atom. The molecule has 152 valence electrons. The monoisotopic (exact) mass is 422 g/mol. The molecule has 2 aromatic rings. The summed E-state index contributed by atoms with van der Waals surface area (Å²) in [4.78, 5) is 26.4. The third kappa shape index (κ3) is 4.57. The van der Waals surface area contributed by atoms with Crippen LogP contribution in [0.2, 0.25) is 0 Å². The summed E-state index contributed by atoms with van der Waals surface area (Å²) < 4.78 is 7.29. The normalized spacial score (nSPS) is 16.1. The van der Waals surface area contributed by atoms with E-state index < -0.39 is 0 Å². The standard InChI is InChI=1S/C19H26N4O3S2/c1-10(2)26-18(25)16-13-7-6-11(3)8-14(13)28-17(16)20-15(24)9-27-19-22-21-12(4)23(19)5/h10-11H,6-9H2,1-5H3,(H,20,24)/t11-/m0/s1. The van der Waals surface area contributed by atoms with Gasteiger partial charge in [0.05, 0.1) is 17.4 Å². The van der Waals surface area contributed by atoms with E-state index in [-0.39, 0.29) is 23.7 Å². The zero-order chi connectivity index (χ0) is 20.4. The van der Waals surface area contributed by atoms with Crippen LogP contribution in [0.25, 0.3) is 0 Å². The maximum atomic E-state index is 12.7. The van der Waals surface area contributed by atoms with E-state index in [4.69, 9.17) is 4.74 Å². The molecule has 0 unspecified atom stereocenters. The maximum Gasteiger partial charge on any atom is 0.341 e. The summed E-state index contributed by atoms with van der Waals surface area (Å²) in [6.07, 6.45) is 2.62. The van der Waals surface area contributed by atoms with Gasteiger partial charge in [0.2, 0.25) is 5.91 Å². The van der Waals surface area contributed by atoms with Crippen LogP contribution in [0.1, 0.15) is 53.8 Å². The fourth-order valence-electron chi connectivity index (χ4n) is 3.13.